The molecule has 24 heavy (non-hydrogen) atoms. The maximum absolute atomic E-state index is 12.7. The number of carbonyl (C=O) groups excluding carboxylic acids is 2. The Morgan fingerprint density at radius 2 is 1.96 bits per heavy atom. The Balaban J connectivity index is 1.77. The van der Waals surface area contributed by atoms with Crippen LogP contribution in [0.15, 0.2) is 41.8 Å². The summed E-state index contributed by atoms with van der Waals surface area (Å²) >= 11 is 1.68. The number of primary amides is 1. The van der Waals surface area contributed by atoms with Crippen molar-refractivity contribution >= 4 is 29.0 Å². The maximum atomic E-state index is 12.7. The van der Waals surface area contributed by atoms with Crippen LogP contribution in [0.5, 0.6) is 0 Å². The summed E-state index contributed by atoms with van der Waals surface area (Å²) in [5.41, 5.74) is 6.16. The molecule has 1 saturated carbocycles. The van der Waals surface area contributed by atoms with Crippen molar-refractivity contribution in [1.29, 1.82) is 0 Å². The molecular formula is C18H21N3O2S. The van der Waals surface area contributed by atoms with E-state index in [1.54, 1.807) is 35.6 Å². The fourth-order valence-corrected chi connectivity index (χ4v) is 4.15. The molecule has 2 aromatic rings. The monoisotopic (exact) mass is 343 g/mol. The molecule has 1 fully saturated rings. The van der Waals surface area contributed by atoms with E-state index in [0.29, 0.717) is 17.2 Å². The van der Waals surface area contributed by atoms with E-state index >= 15 is 0 Å². The molecule has 0 spiro atoms. The van der Waals surface area contributed by atoms with Crippen LogP contribution < -0.4 is 16.4 Å². The molecule has 126 valence electrons. The van der Waals surface area contributed by atoms with Gasteiger partial charge in [0.15, 0.2) is 0 Å². The van der Waals surface area contributed by atoms with E-state index in [1.165, 1.54) is 17.7 Å². The highest BCUT2D eigenvalue weighted by atomic mass is 32.1. The van der Waals surface area contributed by atoms with Gasteiger partial charge in [0.1, 0.15) is 0 Å². The molecule has 5 nitrogen and oxygen atoms in total. The summed E-state index contributed by atoms with van der Waals surface area (Å²) in [5.74, 6) is 0.355. The van der Waals surface area contributed by atoms with Gasteiger partial charge in [-0.2, -0.15) is 0 Å². The van der Waals surface area contributed by atoms with Crippen LogP contribution in [-0.4, -0.2) is 11.9 Å². The third-order valence-corrected chi connectivity index (χ3v) is 5.36. The highest BCUT2D eigenvalue weighted by Crippen LogP contribution is 2.37. The van der Waals surface area contributed by atoms with Crippen LogP contribution in [0.1, 0.15) is 47.0 Å². The fourth-order valence-electron chi connectivity index (χ4n) is 3.29. The van der Waals surface area contributed by atoms with Crippen LogP contribution in [0.2, 0.25) is 0 Å². The van der Waals surface area contributed by atoms with E-state index in [-0.39, 0.29) is 11.9 Å². The number of thiophene rings is 1. The Morgan fingerprint density at radius 3 is 2.62 bits per heavy atom. The van der Waals surface area contributed by atoms with Crippen LogP contribution in [0.25, 0.3) is 0 Å². The molecule has 3 amide bonds. The Kier molecular flexibility index (Phi) is 5.15. The highest BCUT2D eigenvalue weighted by Gasteiger charge is 2.28. The molecule has 1 aromatic carbocycles. The predicted octanol–water partition coefficient (Wildman–Crippen LogP) is 3.90. The van der Waals surface area contributed by atoms with E-state index < -0.39 is 6.03 Å². The number of hydrogen-bond acceptors (Lipinski definition) is 3. The first-order chi connectivity index (χ1) is 11.6. The van der Waals surface area contributed by atoms with Gasteiger partial charge >= 0.3 is 6.03 Å². The minimum atomic E-state index is -0.644. The zero-order chi connectivity index (χ0) is 16.9. The van der Waals surface area contributed by atoms with Crippen molar-refractivity contribution in [3.63, 3.8) is 0 Å². The topological polar surface area (TPSA) is 84.2 Å². The number of benzene rings is 1. The average molecular weight is 343 g/mol. The smallest absolute Gasteiger partial charge is 0.316 e. The molecule has 0 bridgehead atoms. The van der Waals surface area contributed by atoms with Crippen molar-refractivity contribution in [3.05, 3.63) is 52.2 Å². The van der Waals surface area contributed by atoms with Crippen molar-refractivity contribution < 1.29 is 9.59 Å². The third kappa shape index (κ3) is 3.94. The zero-order valence-electron chi connectivity index (χ0n) is 13.3. The van der Waals surface area contributed by atoms with Crippen molar-refractivity contribution in [3.8, 4) is 0 Å². The SMILES string of the molecule is NC(=O)Nc1cccc(C(=O)NC(c2cccs2)C2CCCC2)c1. The summed E-state index contributed by atoms with van der Waals surface area (Å²) in [7, 11) is 0. The number of nitrogens with one attached hydrogen (secondary N) is 2. The first-order valence-corrected chi connectivity index (χ1v) is 9.02. The highest BCUT2D eigenvalue weighted by molar-refractivity contribution is 7.10. The minimum absolute atomic E-state index is 0.0488. The zero-order valence-corrected chi connectivity index (χ0v) is 14.1. The third-order valence-electron chi connectivity index (χ3n) is 4.40. The summed E-state index contributed by atoms with van der Waals surface area (Å²) in [5, 5.41) is 7.73. The number of anilines is 1. The Bertz CT molecular complexity index is 709. The molecule has 1 aliphatic carbocycles. The van der Waals surface area contributed by atoms with Crippen LogP contribution in [0, 0.1) is 5.92 Å². The molecular weight excluding hydrogens is 322 g/mol. The summed E-state index contributed by atoms with van der Waals surface area (Å²) in [6.45, 7) is 0. The quantitative estimate of drug-likeness (QED) is 0.769. The molecule has 0 aliphatic heterocycles. The Morgan fingerprint density at radius 1 is 1.17 bits per heavy atom. The van der Waals surface area contributed by atoms with Crippen molar-refractivity contribution in [2.45, 2.75) is 31.7 Å². The van der Waals surface area contributed by atoms with Gasteiger partial charge in [0, 0.05) is 16.1 Å². The van der Waals surface area contributed by atoms with Gasteiger partial charge in [-0.1, -0.05) is 25.0 Å². The van der Waals surface area contributed by atoms with Crippen LogP contribution >= 0.6 is 11.3 Å². The second kappa shape index (κ2) is 7.49. The minimum Gasteiger partial charge on any atom is -0.351 e. The molecule has 6 heteroatoms. The second-order valence-electron chi connectivity index (χ2n) is 6.08. The summed E-state index contributed by atoms with van der Waals surface area (Å²) < 4.78 is 0. The molecule has 1 aliphatic rings. The number of carbonyl (C=O) groups is 2. The van der Waals surface area contributed by atoms with Gasteiger partial charge in [-0.25, -0.2) is 4.79 Å². The number of hydrogen-bond donors (Lipinski definition) is 3. The number of rotatable bonds is 5. The van der Waals surface area contributed by atoms with Gasteiger partial charge in [-0.15, -0.1) is 11.3 Å². The van der Waals surface area contributed by atoms with Gasteiger partial charge in [0.05, 0.1) is 6.04 Å². The van der Waals surface area contributed by atoms with Gasteiger partial charge < -0.3 is 16.4 Å². The molecule has 1 aromatic heterocycles. The Labute approximate surface area is 145 Å². The van der Waals surface area contributed by atoms with Gasteiger partial charge in [0.2, 0.25) is 0 Å². The van der Waals surface area contributed by atoms with E-state index in [0.717, 1.165) is 12.8 Å². The van der Waals surface area contributed by atoms with Crippen LogP contribution in [0.4, 0.5) is 10.5 Å². The van der Waals surface area contributed by atoms with E-state index in [4.69, 9.17) is 5.73 Å². The first-order valence-electron chi connectivity index (χ1n) is 8.14. The maximum Gasteiger partial charge on any atom is 0.316 e. The number of nitrogens with two attached hydrogens (primary N) is 1. The average Bonchev–Trinajstić information content (AvgIpc) is 3.25. The standard InChI is InChI=1S/C18H21N3O2S/c19-18(23)20-14-8-3-7-13(11-14)17(22)21-16(12-5-1-2-6-12)15-9-4-10-24-15/h3-4,7-12,16H,1-2,5-6H2,(H,21,22)(H3,19,20,23). The first kappa shape index (κ1) is 16.5. The molecule has 3 rings (SSSR count). The molecule has 0 radical (unpaired) electrons. The predicted molar refractivity (Wildman–Crippen MR) is 96.1 cm³/mol. The lowest BCUT2D eigenvalue weighted by Gasteiger charge is -2.24. The summed E-state index contributed by atoms with van der Waals surface area (Å²) in [6, 6.07) is 10.3. The van der Waals surface area contributed by atoms with Crippen molar-refractivity contribution in [2.75, 3.05) is 5.32 Å². The van der Waals surface area contributed by atoms with E-state index in [2.05, 4.69) is 16.7 Å². The van der Waals surface area contributed by atoms with E-state index in [9.17, 15) is 9.59 Å². The largest absolute Gasteiger partial charge is 0.351 e. The van der Waals surface area contributed by atoms with Crippen LogP contribution in [-0.2, 0) is 0 Å². The fraction of sp³-hybridized carbons (Fsp3) is 0.333. The second-order valence-corrected chi connectivity index (χ2v) is 7.06. The van der Waals surface area contributed by atoms with Gasteiger partial charge in [0.25, 0.3) is 5.91 Å². The lowest BCUT2D eigenvalue weighted by atomic mass is 9.96. The molecule has 1 heterocycles. The molecule has 0 saturated heterocycles. The van der Waals surface area contributed by atoms with Gasteiger partial charge in [-0.05, 0) is 48.4 Å². The normalized spacial score (nSPS) is 15.8. The number of amides is 3. The molecule has 4 N–H and O–H groups in total. The summed E-state index contributed by atoms with van der Waals surface area (Å²) in [6.07, 6.45) is 4.74. The Hall–Kier alpha value is -2.34. The lowest BCUT2D eigenvalue weighted by Crippen LogP contribution is -2.32. The molecule has 1 atom stereocenters. The molecule has 1 unspecified atom stereocenters. The lowest BCUT2D eigenvalue weighted by molar-refractivity contribution is 0.0923. The number of urea groups is 1. The summed E-state index contributed by atoms with van der Waals surface area (Å²) in [4.78, 5) is 24.9. The van der Waals surface area contributed by atoms with E-state index in [1.807, 2.05) is 11.4 Å². The van der Waals surface area contributed by atoms with Crippen LogP contribution in [0.3, 0.4) is 0 Å². The van der Waals surface area contributed by atoms with Crippen molar-refractivity contribution in [1.82, 2.24) is 5.32 Å². The van der Waals surface area contributed by atoms with Crippen molar-refractivity contribution in [2.24, 2.45) is 11.7 Å². The van der Waals surface area contributed by atoms with Gasteiger partial charge in [-0.3, -0.25) is 4.79 Å².